The summed E-state index contributed by atoms with van der Waals surface area (Å²) < 4.78 is 0. The van der Waals surface area contributed by atoms with E-state index in [4.69, 9.17) is 5.73 Å². The molecule has 0 amide bonds. The second-order valence-corrected chi connectivity index (χ2v) is 4.15. The molecule has 3 nitrogen and oxygen atoms in total. The molecule has 0 saturated carbocycles. The molecule has 1 aromatic rings. The molecule has 1 aliphatic rings. The van der Waals surface area contributed by atoms with Gasteiger partial charge in [0.1, 0.15) is 0 Å². The van der Waals surface area contributed by atoms with Crippen LogP contribution >= 0.6 is 0 Å². The van der Waals surface area contributed by atoms with Gasteiger partial charge in [-0.15, -0.1) is 0 Å². The van der Waals surface area contributed by atoms with Crippen molar-refractivity contribution in [1.82, 2.24) is 0 Å². The molecule has 1 heterocycles. The minimum atomic E-state index is -0.411. The highest BCUT2D eigenvalue weighted by Gasteiger charge is 2.17. The van der Waals surface area contributed by atoms with Crippen LogP contribution in [-0.2, 0) is 6.42 Å². The summed E-state index contributed by atoms with van der Waals surface area (Å²) in [7, 11) is 2.10. The first-order chi connectivity index (χ1) is 7.22. The van der Waals surface area contributed by atoms with E-state index in [-0.39, 0.29) is 0 Å². The number of fused-ring (bicyclic) bond motifs is 1. The lowest BCUT2D eigenvalue weighted by Crippen LogP contribution is -2.12. The summed E-state index contributed by atoms with van der Waals surface area (Å²) in [6.45, 7) is 1.60. The maximum atomic E-state index is 9.82. The Morgan fingerprint density at radius 2 is 2.33 bits per heavy atom. The summed E-state index contributed by atoms with van der Waals surface area (Å²) in [4.78, 5) is 2.24. The van der Waals surface area contributed by atoms with Crippen molar-refractivity contribution in [3.8, 4) is 0 Å². The van der Waals surface area contributed by atoms with E-state index in [0.717, 1.165) is 18.5 Å². The topological polar surface area (TPSA) is 49.5 Å². The van der Waals surface area contributed by atoms with E-state index in [1.54, 1.807) is 0 Å². The first-order valence-electron chi connectivity index (χ1n) is 5.44. The van der Waals surface area contributed by atoms with Gasteiger partial charge in [-0.1, -0.05) is 12.1 Å². The second-order valence-electron chi connectivity index (χ2n) is 4.15. The highest BCUT2D eigenvalue weighted by Crippen LogP contribution is 2.29. The van der Waals surface area contributed by atoms with Crippen LogP contribution in [0.2, 0.25) is 0 Å². The van der Waals surface area contributed by atoms with Gasteiger partial charge in [-0.05, 0) is 36.6 Å². The smallest absolute Gasteiger partial charge is 0.0802 e. The highest BCUT2D eigenvalue weighted by atomic mass is 16.3. The number of nitrogens with two attached hydrogens (primary N) is 1. The minimum absolute atomic E-state index is 0.411. The van der Waals surface area contributed by atoms with E-state index in [0.29, 0.717) is 13.0 Å². The minimum Gasteiger partial charge on any atom is -0.388 e. The third-order valence-corrected chi connectivity index (χ3v) is 3.06. The summed E-state index contributed by atoms with van der Waals surface area (Å²) in [6, 6.07) is 6.21. The van der Waals surface area contributed by atoms with E-state index in [2.05, 4.69) is 24.1 Å². The Kier molecular flexibility index (Phi) is 2.93. The van der Waals surface area contributed by atoms with Crippen LogP contribution in [-0.4, -0.2) is 25.2 Å². The van der Waals surface area contributed by atoms with Crippen LogP contribution in [0.3, 0.4) is 0 Å². The Morgan fingerprint density at radius 3 is 3.07 bits per heavy atom. The molecule has 1 atom stereocenters. The Hall–Kier alpha value is -1.06. The molecular weight excluding hydrogens is 188 g/mol. The maximum Gasteiger partial charge on any atom is 0.0802 e. The Balaban J connectivity index is 2.23. The van der Waals surface area contributed by atoms with Crippen LogP contribution in [0.25, 0.3) is 0 Å². The molecule has 1 aromatic carbocycles. The van der Waals surface area contributed by atoms with E-state index in [1.807, 2.05) is 6.07 Å². The van der Waals surface area contributed by atoms with Gasteiger partial charge in [-0.25, -0.2) is 0 Å². The van der Waals surface area contributed by atoms with E-state index < -0.39 is 6.10 Å². The number of benzene rings is 1. The van der Waals surface area contributed by atoms with Gasteiger partial charge >= 0.3 is 0 Å². The van der Waals surface area contributed by atoms with Crippen molar-refractivity contribution >= 4 is 5.69 Å². The van der Waals surface area contributed by atoms with Crippen LogP contribution in [0.5, 0.6) is 0 Å². The fourth-order valence-electron chi connectivity index (χ4n) is 2.12. The van der Waals surface area contributed by atoms with Crippen molar-refractivity contribution in [2.75, 3.05) is 25.0 Å². The van der Waals surface area contributed by atoms with Crippen LogP contribution < -0.4 is 10.6 Å². The number of rotatable bonds is 3. The average Bonchev–Trinajstić information content (AvgIpc) is 2.60. The molecule has 0 saturated heterocycles. The lowest BCUT2D eigenvalue weighted by atomic mass is 10.0. The van der Waals surface area contributed by atoms with Crippen molar-refractivity contribution in [1.29, 1.82) is 0 Å². The number of aliphatic hydroxyl groups is 1. The molecule has 82 valence electrons. The van der Waals surface area contributed by atoms with Crippen molar-refractivity contribution in [3.05, 3.63) is 29.3 Å². The van der Waals surface area contributed by atoms with Crippen molar-refractivity contribution < 1.29 is 5.11 Å². The van der Waals surface area contributed by atoms with Gasteiger partial charge in [-0.3, -0.25) is 0 Å². The number of nitrogens with zero attached hydrogens (tertiary/aromatic N) is 1. The fourth-order valence-corrected chi connectivity index (χ4v) is 2.12. The molecular formula is C12H18N2O. The molecule has 15 heavy (non-hydrogen) atoms. The van der Waals surface area contributed by atoms with Crippen molar-refractivity contribution in [3.63, 3.8) is 0 Å². The molecule has 0 bridgehead atoms. The maximum absolute atomic E-state index is 9.82. The molecule has 3 heteroatoms. The number of anilines is 1. The summed E-state index contributed by atoms with van der Waals surface area (Å²) in [6.07, 6.45) is 1.30. The summed E-state index contributed by atoms with van der Waals surface area (Å²) >= 11 is 0. The lowest BCUT2D eigenvalue weighted by Gasteiger charge is -2.14. The summed E-state index contributed by atoms with van der Waals surface area (Å²) in [5.41, 5.74) is 9.06. The van der Waals surface area contributed by atoms with Crippen LogP contribution in [0.1, 0.15) is 23.7 Å². The molecule has 0 aliphatic carbocycles. The number of hydrogen-bond acceptors (Lipinski definition) is 3. The predicted octanol–water partition coefficient (Wildman–Crippen LogP) is 1.06. The van der Waals surface area contributed by atoms with Gasteiger partial charge in [0.2, 0.25) is 0 Å². The zero-order valence-corrected chi connectivity index (χ0v) is 9.11. The lowest BCUT2D eigenvalue weighted by molar-refractivity contribution is 0.170. The largest absolute Gasteiger partial charge is 0.388 e. The highest BCUT2D eigenvalue weighted by molar-refractivity contribution is 5.58. The zero-order valence-electron chi connectivity index (χ0n) is 9.11. The Bertz CT molecular complexity index is 351. The molecule has 2 rings (SSSR count). The molecule has 0 aromatic heterocycles. The van der Waals surface area contributed by atoms with Gasteiger partial charge in [0.15, 0.2) is 0 Å². The Morgan fingerprint density at radius 1 is 1.53 bits per heavy atom. The monoisotopic (exact) mass is 206 g/mol. The molecule has 0 radical (unpaired) electrons. The summed E-state index contributed by atoms with van der Waals surface area (Å²) in [5, 5.41) is 9.82. The normalized spacial score (nSPS) is 16.6. The number of hydrogen-bond donors (Lipinski definition) is 2. The van der Waals surface area contributed by atoms with Gasteiger partial charge in [0.05, 0.1) is 6.10 Å². The van der Waals surface area contributed by atoms with Gasteiger partial charge in [-0.2, -0.15) is 0 Å². The summed E-state index contributed by atoms with van der Waals surface area (Å²) in [5.74, 6) is 0. The first-order valence-corrected chi connectivity index (χ1v) is 5.44. The van der Waals surface area contributed by atoms with Crippen molar-refractivity contribution in [2.45, 2.75) is 18.9 Å². The van der Waals surface area contributed by atoms with Gasteiger partial charge < -0.3 is 15.7 Å². The molecule has 0 fully saturated rings. The van der Waals surface area contributed by atoms with Crippen LogP contribution in [0.4, 0.5) is 5.69 Å². The zero-order chi connectivity index (χ0) is 10.8. The number of aliphatic hydroxyl groups excluding tert-OH is 1. The van der Waals surface area contributed by atoms with E-state index in [9.17, 15) is 5.11 Å². The quantitative estimate of drug-likeness (QED) is 0.777. The molecule has 3 N–H and O–H groups in total. The fraction of sp³-hybridized carbons (Fsp3) is 0.500. The van der Waals surface area contributed by atoms with Gasteiger partial charge in [0.25, 0.3) is 0 Å². The third-order valence-electron chi connectivity index (χ3n) is 3.06. The molecule has 0 unspecified atom stereocenters. The van der Waals surface area contributed by atoms with Gasteiger partial charge in [0, 0.05) is 19.3 Å². The van der Waals surface area contributed by atoms with Crippen LogP contribution in [0.15, 0.2) is 18.2 Å². The van der Waals surface area contributed by atoms with E-state index >= 15 is 0 Å². The first kappa shape index (κ1) is 10.5. The third kappa shape index (κ3) is 1.98. The molecule has 1 aliphatic heterocycles. The van der Waals surface area contributed by atoms with Crippen molar-refractivity contribution in [2.24, 2.45) is 5.73 Å². The molecule has 0 spiro atoms. The van der Waals surface area contributed by atoms with E-state index in [1.165, 1.54) is 11.3 Å². The SMILES string of the molecule is CN1CCc2cc([C@@H](O)CCN)ccc21. The average molecular weight is 206 g/mol. The predicted molar refractivity (Wildman–Crippen MR) is 62.0 cm³/mol. The Labute approximate surface area is 90.5 Å². The van der Waals surface area contributed by atoms with Crippen LogP contribution in [0, 0.1) is 0 Å². The number of likely N-dealkylation sites (N-methyl/N-ethyl adjacent to an activating group) is 1. The standard InChI is InChI=1S/C12H18N2O/c1-14-7-5-9-8-10(2-3-11(9)14)12(15)4-6-13/h2-3,8,12,15H,4-7,13H2,1H3/t12-/m0/s1. The second kappa shape index (κ2) is 4.21.